The molecule has 0 fully saturated rings. The van der Waals surface area contributed by atoms with Gasteiger partial charge in [0, 0.05) is 5.92 Å². The summed E-state index contributed by atoms with van der Waals surface area (Å²) >= 11 is 0. The fraction of sp³-hybridized carbons (Fsp3) is 0.667. The van der Waals surface area contributed by atoms with E-state index in [4.69, 9.17) is 9.52 Å². The topological polar surface area (TPSA) is 76.2 Å². The molecule has 14 heavy (non-hydrogen) atoms. The molecule has 0 unspecified atom stereocenters. The van der Waals surface area contributed by atoms with Crippen molar-refractivity contribution in [1.82, 2.24) is 10.2 Å². The average Bonchev–Trinajstić information content (AvgIpc) is 2.51. The molecule has 0 saturated heterocycles. The van der Waals surface area contributed by atoms with Crippen LogP contribution in [0.4, 0.5) is 0 Å². The molecule has 0 atom stereocenters. The van der Waals surface area contributed by atoms with Crippen LogP contribution >= 0.6 is 0 Å². The van der Waals surface area contributed by atoms with Crippen LogP contribution in [-0.4, -0.2) is 21.3 Å². The zero-order chi connectivity index (χ0) is 10.9. The number of hydrogen-bond acceptors (Lipinski definition) is 4. The van der Waals surface area contributed by atoms with Crippen molar-refractivity contribution in [2.45, 2.75) is 39.0 Å². The zero-order valence-electron chi connectivity index (χ0n) is 8.74. The highest BCUT2D eigenvalue weighted by atomic mass is 16.4. The molecule has 0 spiro atoms. The van der Waals surface area contributed by atoms with E-state index in [1.807, 2.05) is 13.8 Å². The Bertz CT molecular complexity index is 342. The van der Waals surface area contributed by atoms with Crippen LogP contribution in [0.15, 0.2) is 4.42 Å². The van der Waals surface area contributed by atoms with Gasteiger partial charge in [0.1, 0.15) is 5.41 Å². The van der Waals surface area contributed by atoms with E-state index < -0.39 is 11.4 Å². The summed E-state index contributed by atoms with van der Waals surface area (Å²) in [7, 11) is 0. The number of hydrogen-bond donors (Lipinski definition) is 1. The number of carboxylic acids is 1. The minimum Gasteiger partial charge on any atom is -0.480 e. The summed E-state index contributed by atoms with van der Waals surface area (Å²) in [5.74, 6) is -0.250. The molecule has 0 radical (unpaired) electrons. The second kappa shape index (κ2) is 3.40. The summed E-state index contributed by atoms with van der Waals surface area (Å²) < 4.78 is 5.27. The lowest BCUT2D eigenvalue weighted by Crippen LogP contribution is -2.28. The minimum absolute atomic E-state index is 0.112. The van der Waals surface area contributed by atoms with Crippen LogP contribution in [0, 0.1) is 0 Å². The Kier molecular flexibility index (Phi) is 2.59. The Morgan fingerprint density at radius 2 is 2.00 bits per heavy atom. The van der Waals surface area contributed by atoms with Crippen molar-refractivity contribution in [3.8, 4) is 0 Å². The van der Waals surface area contributed by atoms with E-state index in [-0.39, 0.29) is 11.8 Å². The Balaban J connectivity index is 3.03. The van der Waals surface area contributed by atoms with Gasteiger partial charge in [-0.2, -0.15) is 0 Å². The van der Waals surface area contributed by atoms with Gasteiger partial charge in [0.2, 0.25) is 11.8 Å². The molecule has 0 aliphatic carbocycles. The highest BCUT2D eigenvalue weighted by Gasteiger charge is 2.35. The molecular formula is C9H14N2O3. The molecule has 0 aliphatic heterocycles. The minimum atomic E-state index is -1.12. The molecule has 1 heterocycles. The molecule has 0 bridgehead atoms. The smallest absolute Gasteiger partial charge is 0.318 e. The molecule has 5 nitrogen and oxygen atoms in total. The SMILES string of the molecule is CC(C)c1nnc(C(C)(C)C(=O)O)o1. The van der Waals surface area contributed by atoms with Gasteiger partial charge in [-0.25, -0.2) is 0 Å². The summed E-state index contributed by atoms with van der Waals surface area (Å²) in [5.41, 5.74) is -1.12. The summed E-state index contributed by atoms with van der Waals surface area (Å²) in [5, 5.41) is 16.4. The number of nitrogens with zero attached hydrogens (tertiary/aromatic N) is 2. The Morgan fingerprint density at radius 1 is 1.43 bits per heavy atom. The third-order valence-corrected chi connectivity index (χ3v) is 2.00. The van der Waals surface area contributed by atoms with Gasteiger partial charge in [-0.15, -0.1) is 10.2 Å². The molecule has 0 amide bonds. The lowest BCUT2D eigenvalue weighted by molar-refractivity contribution is -0.143. The lowest BCUT2D eigenvalue weighted by Gasteiger charge is -2.12. The molecule has 78 valence electrons. The quantitative estimate of drug-likeness (QED) is 0.797. The van der Waals surface area contributed by atoms with Gasteiger partial charge in [0.15, 0.2) is 0 Å². The lowest BCUT2D eigenvalue weighted by atomic mass is 9.94. The van der Waals surface area contributed by atoms with Crippen LogP contribution in [-0.2, 0) is 10.2 Å². The fourth-order valence-corrected chi connectivity index (χ4v) is 0.812. The average molecular weight is 198 g/mol. The molecule has 0 aromatic carbocycles. The first-order chi connectivity index (χ1) is 6.35. The fourth-order valence-electron chi connectivity index (χ4n) is 0.812. The second-order valence-corrected chi connectivity index (χ2v) is 4.03. The Morgan fingerprint density at radius 3 is 2.36 bits per heavy atom. The van der Waals surface area contributed by atoms with Crippen molar-refractivity contribution >= 4 is 5.97 Å². The molecule has 0 aliphatic rings. The van der Waals surface area contributed by atoms with Crippen LogP contribution in [0.25, 0.3) is 0 Å². The van der Waals surface area contributed by atoms with Gasteiger partial charge >= 0.3 is 5.97 Å². The van der Waals surface area contributed by atoms with E-state index in [0.29, 0.717) is 5.89 Å². The van der Waals surface area contributed by atoms with Crippen LogP contribution in [0.1, 0.15) is 45.4 Å². The Hall–Kier alpha value is -1.39. The highest BCUT2D eigenvalue weighted by molar-refractivity contribution is 5.78. The summed E-state index contributed by atoms with van der Waals surface area (Å²) in [6.07, 6.45) is 0. The highest BCUT2D eigenvalue weighted by Crippen LogP contribution is 2.24. The molecule has 5 heteroatoms. The number of rotatable bonds is 3. The van der Waals surface area contributed by atoms with Crippen LogP contribution in [0.5, 0.6) is 0 Å². The van der Waals surface area contributed by atoms with E-state index in [0.717, 1.165) is 0 Å². The van der Waals surface area contributed by atoms with Gasteiger partial charge in [0.25, 0.3) is 0 Å². The largest absolute Gasteiger partial charge is 0.480 e. The van der Waals surface area contributed by atoms with E-state index in [9.17, 15) is 4.79 Å². The number of aromatic nitrogens is 2. The maximum absolute atomic E-state index is 10.9. The predicted octanol–water partition coefficient (Wildman–Crippen LogP) is 1.56. The second-order valence-electron chi connectivity index (χ2n) is 4.03. The summed E-state index contributed by atoms with van der Waals surface area (Å²) in [6, 6.07) is 0. The summed E-state index contributed by atoms with van der Waals surface area (Å²) in [4.78, 5) is 10.9. The van der Waals surface area contributed by atoms with E-state index >= 15 is 0 Å². The first-order valence-electron chi connectivity index (χ1n) is 4.43. The third kappa shape index (κ3) is 1.76. The molecule has 1 rings (SSSR count). The maximum atomic E-state index is 10.9. The predicted molar refractivity (Wildman–Crippen MR) is 49.0 cm³/mol. The van der Waals surface area contributed by atoms with Crippen LogP contribution in [0.3, 0.4) is 0 Å². The molecular weight excluding hydrogens is 184 g/mol. The molecule has 1 aromatic heterocycles. The van der Waals surface area contributed by atoms with Crippen molar-refractivity contribution in [2.75, 3.05) is 0 Å². The van der Waals surface area contributed by atoms with Gasteiger partial charge in [0.05, 0.1) is 0 Å². The third-order valence-electron chi connectivity index (χ3n) is 2.00. The molecule has 1 aromatic rings. The van der Waals surface area contributed by atoms with Crippen molar-refractivity contribution in [3.63, 3.8) is 0 Å². The van der Waals surface area contributed by atoms with Gasteiger partial charge in [-0.3, -0.25) is 4.79 Å². The van der Waals surface area contributed by atoms with Crippen molar-refractivity contribution in [2.24, 2.45) is 0 Å². The van der Waals surface area contributed by atoms with E-state index in [1.54, 1.807) is 0 Å². The first kappa shape index (κ1) is 10.7. The molecule has 1 N–H and O–H groups in total. The van der Waals surface area contributed by atoms with E-state index in [1.165, 1.54) is 13.8 Å². The number of carboxylic acid groups (broad SMARTS) is 1. The van der Waals surface area contributed by atoms with Gasteiger partial charge < -0.3 is 9.52 Å². The first-order valence-corrected chi connectivity index (χ1v) is 4.43. The number of carbonyl (C=O) groups is 1. The normalized spacial score (nSPS) is 12.1. The standard InChI is InChI=1S/C9H14N2O3/c1-5(2)6-10-11-7(14-6)9(3,4)8(12)13/h5H,1-4H3,(H,12,13). The van der Waals surface area contributed by atoms with Crippen molar-refractivity contribution in [3.05, 3.63) is 11.8 Å². The summed E-state index contributed by atoms with van der Waals surface area (Å²) in [6.45, 7) is 6.88. The van der Waals surface area contributed by atoms with Crippen LogP contribution < -0.4 is 0 Å². The Labute approximate surface area is 82.1 Å². The van der Waals surface area contributed by atoms with Gasteiger partial charge in [-0.05, 0) is 13.8 Å². The maximum Gasteiger partial charge on any atom is 0.318 e. The van der Waals surface area contributed by atoms with Gasteiger partial charge in [-0.1, -0.05) is 13.8 Å². The molecule has 0 saturated carbocycles. The monoisotopic (exact) mass is 198 g/mol. The zero-order valence-corrected chi connectivity index (χ0v) is 8.74. The van der Waals surface area contributed by atoms with Crippen LogP contribution in [0.2, 0.25) is 0 Å². The van der Waals surface area contributed by atoms with E-state index in [2.05, 4.69) is 10.2 Å². The number of aliphatic carboxylic acids is 1. The van der Waals surface area contributed by atoms with Crippen molar-refractivity contribution < 1.29 is 14.3 Å². The van der Waals surface area contributed by atoms with Crippen molar-refractivity contribution in [1.29, 1.82) is 0 Å².